The molecule has 0 aromatic heterocycles. The first-order chi connectivity index (χ1) is 10.5. The molecule has 1 aliphatic heterocycles. The fourth-order valence-corrected chi connectivity index (χ4v) is 4.47. The van der Waals surface area contributed by atoms with E-state index in [0.717, 1.165) is 59.7 Å². The number of ether oxygens (including phenoxy) is 1. The summed E-state index contributed by atoms with van der Waals surface area (Å²) in [6, 6.07) is 4.05. The van der Waals surface area contributed by atoms with Gasteiger partial charge in [-0.1, -0.05) is 35.3 Å². The zero-order valence-corrected chi connectivity index (χ0v) is 14.6. The summed E-state index contributed by atoms with van der Waals surface area (Å²) in [6.07, 6.45) is 5.35. The van der Waals surface area contributed by atoms with Crippen molar-refractivity contribution >= 4 is 27.5 Å². The van der Waals surface area contributed by atoms with Gasteiger partial charge in [0.2, 0.25) is 0 Å². The van der Waals surface area contributed by atoms with Crippen molar-refractivity contribution < 1.29 is 14.6 Å². The fraction of sp³-hybridized carbons (Fsp3) is 0.500. The number of carbonyl (C=O) groups is 1. The third-order valence-corrected chi connectivity index (χ3v) is 5.39. The predicted molar refractivity (Wildman–Crippen MR) is 89.7 cm³/mol. The number of aryl methyl sites for hydroxylation is 2. The van der Waals surface area contributed by atoms with E-state index < -0.39 is 11.6 Å². The molecule has 1 spiro atoms. The van der Waals surface area contributed by atoms with Gasteiger partial charge < -0.3 is 9.84 Å². The molecule has 0 atom stereocenters. The molecule has 0 unspecified atom stereocenters. The molecule has 1 N–H and O–H groups in total. The Hall–Kier alpha value is -1.29. The van der Waals surface area contributed by atoms with E-state index in [-0.39, 0.29) is 5.76 Å². The number of carbonyl (C=O) groups excluding carboxylic acids is 1. The van der Waals surface area contributed by atoms with E-state index in [9.17, 15) is 9.90 Å². The van der Waals surface area contributed by atoms with E-state index in [4.69, 9.17) is 4.74 Å². The van der Waals surface area contributed by atoms with Crippen molar-refractivity contribution in [2.24, 2.45) is 0 Å². The Morgan fingerprint density at radius 1 is 1.27 bits per heavy atom. The molecule has 1 aromatic rings. The van der Waals surface area contributed by atoms with Crippen LogP contribution in [0.4, 0.5) is 0 Å². The van der Waals surface area contributed by atoms with Gasteiger partial charge in [0.1, 0.15) is 5.57 Å². The van der Waals surface area contributed by atoms with Gasteiger partial charge in [-0.3, -0.25) is 0 Å². The second kappa shape index (κ2) is 5.73. The normalized spacial score (nSPS) is 20.6. The number of rotatable bonds is 2. The number of hydrogen-bond donors (Lipinski definition) is 1. The summed E-state index contributed by atoms with van der Waals surface area (Å²) in [4.78, 5) is 12.5. The first kappa shape index (κ1) is 15.6. The highest BCUT2D eigenvalue weighted by atomic mass is 79.9. The summed E-state index contributed by atoms with van der Waals surface area (Å²) in [5.41, 5.74) is 2.55. The SMILES string of the molecule is CCc1cc(C)cc(Br)c1C1=C(O)C2(CCCCC2)OC1=O. The molecule has 3 rings (SSSR count). The van der Waals surface area contributed by atoms with Crippen molar-refractivity contribution in [1.82, 2.24) is 0 Å². The van der Waals surface area contributed by atoms with E-state index in [1.807, 2.05) is 13.0 Å². The van der Waals surface area contributed by atoms with E-state index in [1.165, 1.54) is 0 Å². The lowest BCUT2D eigenvalue weighted by Crippen LogP contribution is -2.34. The van der Waals surface area contributed by atoms with Crippen molar-refractivity contribution in [3.8, 4) is 0 Å². The third-order valence-electron chi connectivity index (χ3n) is 4.77. The largest absolute Gasteiger partial charge is 0.507 e. The van der Waals surface area contributed by atoms with Crippen LogP contribution in [-0.4, -0.2) is 16.7 Å². The summed E-state index contributed by atoms with van der Waals surface area (Å²) in [5, 5.41) is 10.8. The fourth-order valence-electron chi connectivity index (χ4n) is 3.66. The molecule has 0 radical (unpaired) electrons. The lowest BCUT2D eigenvalue weighted by Gasteiger charge is -2.31. The second-order valence-electron chi connectivity index (χ2n) is 6.30. The van der Waals surface area contributed by atoms with Crippen LogP contribution in [0.25, 0.3) is 5.57 Å². The Balaban J connectivity index is 2.17. The van der Waals surface area contributed by atoms with Crippen LogP contribution < -0.4 is 0 Å². The number of hydrogen-bond acceptors (Lipinski definition) is 3. The van der Waals surface area contributed by atoms with Gasteiger partial charge in [0.25, 0.3) is 0 Å². The molecule has 0 saturated heterocycles. The highest BCUT2D eigenvalue weighted by Crippen LogP contribution is 2.47. The van der Waals surface area contributed by atoms with Crippen molar-refractivity contribution in [2.75, 3.05) is 0 Å². The van der Waals surface area contributed by atoms with Gasteiger partial charge in [-0.25, -0.2) is 4.79 Å². The molecule has 1 aromatic carbocycles. The number of aliphatic hydroxyl groups excluding tert-OH is 1. The van der Waals surface area contributed by atoms with Gasteiger partial charge in [-0.2, -0.15) is 0 Å². The molecular weight excluding hydrogens is 344 g/mol. The van der Waals surface area contributed by atoms with Gasteiger partial charge in [-0.05, 0) is 56.2 Å². The molecule has 22 heavy (non-hydrogen) atoms. The molecule has 1 heterocycles. The summed E-state index contributed by atoms with van der Waals surface area (Å²) in [5.74, 6) is -0.255. The van der Waals surface area contributed by atoms with E-state index in [1.54, 1.807) is 0 Å². The predicted octanol–water partition coefficient (Wildman–Crippen LogP) is 4.85. The molecule has 1 aliphatic carbocycles. The van der Waals surface area contributed by atoms with Crippen LogP contribution in [0.15, 0.2) is 22.4 Å². The standard InChI is InChI=1S/C18H21BrO3/c1-3-12-9-11(2)10-13(19)14(12)15-16(20)18(22-17(15)21)7-5-4-6-8-18/h9-10,20H,3-8H2,1-2H3. The van der Waals surface area contributed by atoms with Crippen molar-refractivity contribution in [2.45, 2.75) is 58.0 Å². The molecule has 0 amide bonds. The Labute approximate surface area is 139 Å². The van der Waals surface area contributed by atoms with Crippen molar-refractivity contribution in [3.63, 3.8) is 0 Å². The molecule has 1 saturated carbocycles. The number of halogens is 1. The van der Waals surface area contributed by atoms with Crippen LogP contribution in [0.2, 0.25) is 0 Å². The summed E-state index contributed by atoms with van der Waals surface area (Å²) in [6.45, 7) is 4.08. The number of benzene rings is 1. The molecule has 118 valence electrons. The minimum absolute atomic E-state index is 0.136. The lowest BCUT2D eigenvalue weighted by molar-refractivity contribution is -0.149. The quantitative estimate of drug-likeness (QED) is 0.763. The summed E-state index contributed by atoms with van der Waals surface area (Å²) < 4.78 is 6.51. The highest BCUT2D eigenvalue weighted by molar-refractivity contribution is 9.10. The van der Waals surface area contributed by atoms with Crippen LogP contribution in [0, 0.1) is 6.92 Å². The minimum atomic E-state index is -0.778. The first-order valence-corrected chi connectivity index (χ1v) is 8.74. The highest BCUT2D eigenvalue weighted by Gasteiger charge is 2.49. The summed E-state index contributed by atoms with van der Waals surface area (Å²) >= 11 is 3.56. The van der Waals surface area contributed by atoms with E-state index >= 15 is 0 Å². The van der Waals surface area contributed by atoms with Gasteiger partial charge in [0.15, 0.2) is 11.4 Å². The Morgan fingerprint density at radius 2 is 1.95 bits per heavy atom. The zero-order chi connectivity index (χ0) is 15.9. The Kier molecular flexibility index (Phi) is 4.06. The van der Waals surface area contributed by atoms with Crippen molar-refractivity contribution in [1.29, 1.82) is 0 Å². The van der Waals surface area contributed by atoms with Gasteiger partial charge in [-0.15, -0.1) is 0 Å². The van der Waals surface area contributed by atoms with E-state index in [0.29, 0.717) is 5.57 Å². The van der Waals surface area contributed by atoms with Crippen LogP contribution >= 0.6 is 15.9 Å². The molecule has 3 nitrogen and oxygen atoms in total. The van der Waals surface area contributed by atoms with Crippen LogP contribution in [0.3, 0.4) is 0 Å². The van der Waals surface area contributed by atoms with Crippen molar-refractivity contribution in [3.05, 3.63) is 39.1 Å². The maximum atomic E-state index is 12.5. The smallest absolute Gasteiger partial charge is 0.343 e. The average molecular weight is 365 g/mol. The maximum absolute atomic E-state index is 12.5. The lowest BCUT2D eigenvalue weighted by atomic mass is 9.82. The first-order valence-electron chi connectivity index (χ1n) is 7.95. The van der Waals surface area contributed by atoms with E-state index in [2.05, 4.69) is 28.9 Å². The second-order valence-corrected chi connectivity index (χ2v) is 7.16. The Bertz CT molecular complexity index is 655. The van der Waals surface area contributed by atoms with Crippen LogP contribution in [-0.2, 0) is 16.0 Å². The van der Waals surface area contributed by atoms with Crippen LogP contribution in [0.1, 0.15) is 55.7 Å². The topological polar surface area (TPSA) is 46.5 Å². The number of aliphatic hydroxyl groups is 1. The van der Waals surface area contributed by atoms with Gasteiger partial charge in [0.05, 0.1) is 0 Å². The third kappa shape index (κ3) is 2.37. The average Bonchev–Trinajstić information content (AvgIpc) is 2.71. The van der Waals surface area contributed by atoms with Gasteiger partial charge >= 0.3 is 5.97 Å². The Morgan fingerprint density at radius 3 is 2.59 bits per heavy atom. The molecule has 1 fully saturated rings. The van der Waals surface area contributed by atoms with Crippen LogP contribution in [0.5, 0.6) is 0 Å². The monoisotopic (exact) mass is 364 g/mol. The maximum Gasteiger partial charge on any atom is 0.343 e. The zero-order valence-electron chi connectivity index (χ0n) is 13.0. The molecule has 0 bridgehead atoms. The molecular formula is C18H21BrO3. The number of esters is 1. The molecule has 4 heteroatoms. The summed E-state index contributed by atoms with van der Waals surface area (Å²) in [7, 11) is 0. The molecule has 2 aliphatic rings. The minimum Gasteiger partial charge on any atom is -0.507 e. The van der Waals surface area contributed by atoms with Gasteiger partial charge in [0, 0.05) is 10.0 Å².